The quantitative estimate of drug-likeness (QED) is 0.893. The minimum Gasteiger partial charge on any atom is -0.323 e. The zero-order valence-corrected chi connectivity index (χ0v) is 15.2. The van der Waals surface area contributed by atoms with Gasteiger partial charge >= 0.3 is 0 Å². The molecule has 1 rings (SSSR count). The summed E-state index contributed by atoms with van der Waals surface area (Å²) in [5.74, 6) is 0. The Morgan fingerprint density at radius 2 is 1.48 bits per heavy atom. The second-order valence-electron chi connectivity index (χ2n) is 8.46. The van der Waals surface area contributed by atoms with E-state index in [9.17, 15) is 0 Å². The number of hydrogen-bond acceptors (Lipinski definition) is 2. The summed E-state index contributed by atoms with van der Waals surface area (Å²) in [5, 5.41) is 0. The largest absolute Gasteiger partial charge is 0.323 e. The molecule has 0 aliphatic rings. The zero-order chi connectivity index (χ0) is 16.4. The Hall–Kier alpha value is -0.860. The monoisotopic (exact) mass is 290 g/mol. The van der Waals surface area contributed by atoms with Crippen LogP contribution in [0.15, 0.2) is 24.3 Å². The highest BCUT2D eigenvalue weighted by Gasteiger charge is 2.25. The van der Waals surface area contributed by atoms with Gasteiger partial charge in [-0.1, -0.05) is 65.8 Å². The molecule has 0 radical (unpaired) electrons. The molecule has 0 saturated carbocycles. The molecule has 21 heavy (non-hydrogen) atoms. The lowest BCUT2D eigenvalue weighted by molar-refractivity contribution is 0.134. The molecule has 0 bridgehead atoms. The van der Waals surface area contributed by atoms with Gasteiger partial charge in [0.05, 0.1) is 0 Å². The highest BCUT2D eigenvalue weighted by molar-refractivity contribution is 5.29. The molecule has 0 heterocycles. The van der Waals surface area contributed by atoms with Gasteiger partial charge in [0.2, 0.25) is 0 Å². The Kier molecular flexibility index (Phi) is 5.63. The van der Waals surface area contributed by atoms with Crippen LogP contribution in [0.3, 0.4) is 0 Å². The van der Waals surface area contributed by atoms with Gasteiger partial charge in [-0.25, -0.2) is 0 Å². The van der Waals surface area contributed by atoms with Crippen LogP contribution in [-0.2, 0) is 5.41 Å². The van der Waals surface area contributed by atoms with Crippen molar-refractivity contribution < 1.29 is 0 Å². The second-order valence-corrected chi connectivity index (χ2v) is 8.46. The van der Waals surface area contributed by atoms with Gasteiger partial charge in [0.1, 0.15) is 0 Å². The normalized spacial score (nSPS) is 16.1. The van der Waals surface area contributed by atoms with Crippen LogP contribution >= 0.6 is 0 Å². The Morgan fingerprint density at radius 3 is 1.86 bits per heavy atom. The number of nitrogens with zero attached hydrogens (tertiary/aromatic N) is 1. The Bertz CT molecular complexity index is 434. The van der Waals surface area contributed by atoms with Crippen molar-refractivity contribution in [2.75, 3.05) is 13.6 Å². The fourth-order valence-corrected chi connectivity index (χ4v) is 2.47. The fourth-order valence-electron chi connectivity index (χ4n) is 2.47. The molecular formula is C19H34N2. The van der Waals surface area contributed by atoms with Crippen LogP contribution in [0.2, 0.25) is 0 Å². The highest BCUT2D eigenvalue weighted by Crippen LogP contribution is 2.26. The van der Waals surface area contributed by atoms with Gasteiger partial charge in [-0.15, -0.1) is 0 Å². The van der Waals surface area contributed by atoms with Crippen molar-refractivity contribution in [1.82, 2.24) is 4.90 Å². The highest BCUT2D eigenvalue weighted by atomic mass is 15.1. The van der Waals surface area contributed by atoms with Crippen molar-refractivity contribution in [3.63, 3.8) is 0 Å². The topological polar surface area (TPSA) is 29.3 Å². The lowest BCUT2D eigenvalue weighted by Gasteiger charge is -2.36. The van der Waals surface area contributed by atoms with E-state index in [-0.39, 0.29) is 16.9 Å². The Labute approximate surface area is 131 Å². The van der Waals surface area contributed by atoms with Crippen molar-refractivity contribution in [2.24, 2.45) is 11.1 Å². The van der Waals surface area contributed by atoms with E-state index >= 15 is 0 Å². The number of rotatable bonds is 4. The molecular weight excluding hydrogens is 256 g/mol. The summed E-state index contributed by atoms with van der Waals surface area (Å²) in [6.07, 6.45) is 0. The fraction of sp³-hybridized carbons (Fsp3) is 0.684. The molecule has 120 valence electrons. The average Bonchev–Trinajstić information content (AvgIpc) is 2.35. The third-order valence-corrected chi connectivity index (χ3v) is 4.60. The lowest BCUT2D eigenvalue weighted by Crippen LogP contribution is -2.42. The van der Waals surface area contributed by atoms with E-state index in [1.165, 1.54) is 11.1 Å². The van der Waals surface area contributed by atoms with E-state index in [1.54, 1.807) is 0 Å². The molecule has 1 aromatic carbocycles. The van der Waals surface area contributed by atoms with Crippen LogP contribution < -0.4 is 5.73 Å². The predicted octanol–water partition coefficient (Wildman–Crippen LogP) is 4.35. The molecule has 1 aromatic rings. The van der Waals surface area contributed by atoms with E-state index in [1.807, 2.05) is 0 Å². The summed E-state index contributed by atoms with van der Waals surface area (Å²) in [7, 11) is 2.17. The van der Waals surface area contributed by atoms with Gasteiger partial charge in [0.15, 0.2) is 0 Å². The summed E-state index contributed by atoms with van der Waals surface area (Å²) in [6, 6.07) is 9.35. The summed E-state index contributed by atoms with van der Waals surface area (Å²) < 4.78 is 0. The molecule has 0 aliphatic heterocycles. The van der Waals surface area contributed by atoms with Gasteiger partial charge in [-0.3, -0.25) is 0 Å². The van der Waals surface area contributed by atoms with Gasteiger partial charge in [0.25, 0.3) is 0 Å². The first-order valence-electron chi connectivity index (χ1n) is 7.99. The molecule has 2 heteroatoms. The maximum absolute atomic E-state index is 6.39. The van der Waals surface area contributed by atoms with Gasteiger partial charge in [0, 0.05) is 18.6 Å². The van der Waals surface area contributed by atoms with E-state index < -0.39 is 0 Å². The van der Waals surface area contributed by atoms with E-state index in [0.29, 0.717) is 6.04 Å². The maximum Gasteiger partial charge on any atom is 0.0424 e. The van der Waals surface area contributed by atoms with E-state index in [4.69, 9.17) is 5.73 Å². The number of nitrogens with two attached hydrogens (primary N) is 1. The molecule has 0 aliphatic carbocycles. The molecule has 2 N–H and O–H groups in total. The number of hydrogen-bond donors (Lipinski definition) is 1. The van der Waals surface area contributed by atoms with Crippen LogP contribution in [0.25, 0.3) is 0 Å². The summed E-state index contributed by atoms with van der Waals surface area (Å²) in [6.45, 7) is 16.7. The van der Waals surface area contributed by atoms with Crippen molar-refractivity contribution in [2.45, 2.75) is 66.0 Å². The zero-order valence-electron chi connectivity index (χ0n) is 15.2. The first-order valence-corrected chi connectivity index (χ1v) is 7.99. The molecule has 0 amide bonds. The van der Waals surface area contributed by atoms with Crippen molar-refractivity contribution in [3.05, 3.63) is 35.4 Å². The second kappa shape index (κ2) is 6.50. The van der Waals surface area contributed by atoms with Crippen LogP contribution in [0.1, 0.15) is 65.6 Å². The van der Waals surface area contributed by atoms with Crippen LogP contribution in [0.4, 0.5) is 0 Å². The molecule has 0 fully saturated rings. The molecule has 0 saturated heterocycles. The van der Waals surface area contributed by atoms with E-state index in [0.717, 1.165) is 6.54 Å². The van der Waals surface area contributed by atoms with Crippen LogP contribution in [0.5, 0.6) is 0 Å². The van der Waals surface area contributed by atoms with E-state index in [2.05, 4.69) is 84.7 Å². The summed E-state index contributed by atoms with van der Waals surface area (Å²) in [4.78, 5) is 2.36. The summed E-state index contributed by atoms with van der Waals surface area (Å²) >= 11 is 0. The minimum atomic E-state index is 0.0637. The smallest absolute Gasteiger partial charge is 0.0424 e. The van der Waals surface area contributed by atoms with Crippen molar-refractivity contribution in [1.29, 1.82) is 0 Å². The lowest BCUT2D eigenvalue weighted by atomic mass is 9.85. The molecule has 2 unspecified atom stereocenters. The molecule has 2 atom stereocenters. The molecule has 0 aromatic heterocycles. The third-order valence-electron chi connectivity index (χ3n) is 4.60. The standard InChI is InChI=1S/C19H34N2/c1-14(18(2,3)4)21(8)13-17(20)15-9-11-16(12-10-15)19(5,6)7/h9-12,14,17H,13,20H2,1-8H3. The third kappa shape index (κ3) is 5.12. The average molecular weight is 290 g/mol. The van der Waals surface area contributed by atoms with Crippen molar-refractivity contribution in [3.8, 4) is 0 Å². The minimum absolute atomic E-state index is 0.0637. The Morgan fingerprint density at radius 1 is 1.00 bits per heavy atom. The van der Waals surface area contributed by atoms with Gasteiger partial charge < -0.3 is 10.6 Å². The van der Waals surface area contributed by atoms with Crippen LogP contribution in [0, 0.1) is 5.41 Å². The first-order chi connectivity index (χ1) is 9.43. The number of likely N-dealkylation sites (N-methyl/N-ethyl adjacent to an activating group) is 1. The summed E-state index contributed by atoms with van der Waals surface area (Å²) in [5.41, 5.74) is 9.43. The number of benzene rings is 1. The predicted molar refractivity (Wildman–Crippen MR) is 93.6 cm³/mol. The van der Waals surface area contributed by atoms with Gasteiger partial charge in [-0.05, 0) is 35.9 Å². The molecule has 2 nitrogen and oxygen atoms in total. The van der Waals surface area contributed by atoms with Gasteiger partial charge in [-0.2, -0.15) is 0 Å². The van der Waals surface area contributed by atoms with Crippen molar-refractivity contribution >= 4 is 0 Å². The first kappa shape index (κ1) is 18.2. The maximum atomic E-state index is 6.39. The SMILES string of the molecule is CC(N(C)CC(N)c1ccc(C(C)(C)C)cc1)C(C)(C)C. The van der Waals surface area contributed by atoms with Crippen LogP contribution in [-0.4, -0.2) is 24.5 Å². The molecule has 0 spiro atoms. The Balaban J connectivity index is 2.74.